The number of thiazole rings is 1. The van der Waals surface area contributed by atoms with Crippen LogP contribution in [-0.2, 0) is 6.54 Å². The molecule has 1 N–H and O–H groups in total. The summed E-state index contributed by atoms with van der Waals surface area (Å²) < 4.78 is 2.11. The molecule has 33 heavy (non-hydrogen) atoms. The van der Waals surface area contributed by atoms with E-state index in [9.17, 15) is 4.79 Å². The van der Waals surface area contributed by atoms with Gasteiger partial charge in [-0.2, -0.15) is 0 Å². The Morgan fingerprint density at radius 2 is 1.91 bits per heavy atom. The van der Waals surface area contributed by atoms with E-state index in [1.807, 2.05) is 61.1 Å². The van der Waals surface area contributed by atoms with E-state index in [2.05, 4.69) is 35.0 Å². The number of anilines is 1. The fourth-order valence-electron chi connectivity index (χ4n) is 3.89. The number of nitrogens with one attached hydrogen (secondary N) is 1. The summed E-state index contributed by atoms with van der Waals surface area (Å²) in [6.07, 6.45) is 5.43. The van der Waals surface area contributed by atoms with E-state index in [1.54, 1.807) is 11.3 Å². The van der Waals surface area contributed by atoms with Crippen LogP contribution in [0, 0.1) is 0 Å². The molecule has 0 spiro atoms. The highest BCUT2D eigenvalue weighted by Crippen LogP contribution is 2.30. The van der Waals surface area contributed by atoms with Crippen LogP contribution in [0.25, 0.3) is 27.3 Å². The van der Waals surface area contributed by atoms with Gasteiger partial charge in [0.1, 0.15) is 5.69 Å². The molecule has 0 saturated heterocycles. The van der Waals surface area contributed by atoms with Crippen molar-refractivity contribution < 1.29 is 4.79 Å². The highest BCUT2D eigenvalue weighted by molar-refractivity contribution is 7.15. The van der Waals surface area contributed by atoms with Crippen molar-refractivity contribution in [2.75, 3.05) is 18.4 Å². The smallest absolute Gasteiger partial charge is 0.275 e. The number of para-hydroxylation sites is 3. The Morgan fingerprint density at radius 3 is 2.79 bits per heavy atom. The summed E-state index contributed by atoms with van der Waals surface area (Å²) in [5.74, 6) is -0.310. The predicted octanol–water partition coefficient (Wildman–Crippen LogP) is 4.10. The maximum absolute atomic E-state index is 13.0. The fourth-order valence-corrected chi connectivity index (χ4v) is 4.75. The lowest BCUT2D eigenvalue weighted by molar-refractivity contribution is 0.102. The van der Waals surface area contributed by atoms with Crippen LogP contribution in [0.5, 0.6) is 0 Å². The van der Waals surface area contributed by atoms with Crippen LogP contribution in [0.4, 0.5) is 5.69 Å². The minimum absolute atomic E-state index is 0.267. The third-order valence-electron chi connectivity index (χ3n) is 5.54. The number of imidazole rings is 1. The second-order valence-electron chi connectivity index (χ2n) is 7.74. The second kappa shape index (κ2) is 8.10. The molecule has 6 rings (SSSR count). The molecule has 8 nitrogen and oxygen atoms in total. The van der Waals surface area contributed by atoms with E-state index >= 15 is 0 Å². The SMILES string of the molecule is O=C(Nc1ccccc1-c1cn2c(CN3C=NCC3)csc2n1)c1cnc2ccccc2n1. The lowest BCUT2D eigenvalue weighted by Crippen LogP contribution is -2.19. The zero-order valence-electron chi connectivity index (χ0n) is 17.5. The van der Waals surface area contributed by atoms with E-state index in [1.165, 1.54) is 6.20 Å². The standard InChI is InChI=1S/C24H19N7OS/c32-23(21-11-26-19-7-3-4-8-20(19)27-21)28-18-6-2-1-5-17(18)22-13-31-16(14-33-24(31)29-22)12-30-10-9-25-15-30/h1-8,11,13-15H,9-10,12H2,(H,28,32). The number of fused-ring (bicyclic) bond motifs is 2. The summed E-state index contributed by atoms with van der Waals surface area (Å²) in [6.45, 7) is 2.57. The number of aliphatic imine (C=N–C) groups is 1. The van der Waals surface area contributed by atoms with Crippen molar-refractivity contribution in [3.05, 3.63) is 77.7 Å². The molecule has 0 unspecified atom stereocenters. The number of amides is 1. The van der Waals surface area contributed by atoms with Crippen molar-refractivity contribution in [3.63, 3.8) is 0 Å². The van der Waals surface area contributed by atoms with Crippen LogP contribution in [0.15, 0.2) is 71.3 Å². The number of aromatic nitrogens is 4. The van der Waals surface area contributed by atoms with Gasteiger partial charge in [-0.05, 0) is 18.2 Å². The summed E-state index contributed by atoms with van der Waals surface area (Å²) in [5.41, 5.74) is 5.20. The maximum Gasteiger partial charge on any atom is 0.275 e. The second-order valence-corrected chi connectivity index (χ2v) is 8.58. The highest BCUT2D eigenvalue weighted by atomic mass is 32.1. The van der Waals surface area contributed by atoms with Gasteiger partial charge in [-0.25, -0.2) is 9.97 Å². The molecule has 3 aromatic heterocycles. The van der Waals surface area contributed by atoms with Gasteiger partial charge in [-0.3, -0.25) is 19.2 Å². The molecule has 1 amide bonds. The van der Waals surface area contributed by atoms with Gasteiger partial charge in [-0.15, -0.1) is 11.3 Å². The zero-order valence-corrected chi connectivity index (χ0v) is 18.4. The molecule has 9 heteroatoms. The first-order chi connectivity index (χ1) is 16.2. The largest absolute Gasteiger partial charge is 0.355 e. The average molecular weight is 454 g/mol. The first kappa shape index (κ1) is 19.6. The Balaban J connectivity index is 1.30. The summed E-state index contributed by atoms with van der Waals surface area (Å²) in [6, 6.07) is 15.1. The molecule has 1 aliphatic rings. The molecule has 0 bridgehead atoms. The van der Waals surface area contributed by atoms with Crippen molar-refractivity contribution in [1.82, 2.24) is 24.3 Å². The van der Waals surface area contributed by atoms with Crippen molar-refractivity contribution in [2.24, 2.45) is 4.99 Å². The molecule has 0 radical (unpaired) electrons. The Bertz CT molecular complexity index is 1520. The predicted molar refractivity (Wildman–Crippen MR) is 130 cm³/mol. The lowest BCUT2D eigenvalue weighted by atomic mass is 10.1. The van der Waals surface area contributed by atoms with E-state index < -0.39 is 0 Å². The first-order valence-electron chi connectivity index (χ1n) is 10.6. The van der Waals surface area contributed by atoms with Gasteiger partial charge in [0.15, 0.2) is 4.96 Å². The summed E-state index contributed by atoms with van der Waals surface area (Å²) in [7, 11) is 0. The van der Waals surface area contributed by atoms with Crippen molar-refractivity contribution in [3.8, 4) is 11.3 Å². The highest BCUT2D eigenvalue weighted by Gasteiger charge is 2.17. The minimum Gasteiger partial charge on any atom is -0.355 e. The molecule has 0 fully saturated rings. The van der Waals surface area contributed by atoms with E-state index in [0.29, 0.717) is 11.2 Å². The number of carbonyl (C=O) groups is 1. The molecule has 162 valence electrons. The Hall–Kier alpha value is -4.11. The molecule has 4 heterocycles. The Kier molecular flexibility index (Phi) is 4.80. The molecule has 0 atom stereocenters. The number of hydrogen-bond acceptors (Lipinski definition) is 7. The number of benzene rings is 2. The van der Waals surface area contributed by atoms with Gasteiger partial charge in [0.05, 0.1) is 53.7 Å². The number of carbonyl (C=O) groups excluding carboxylic acids is 1. The Morgan fingerprint density at radius 1 is 1.06 bits per heavy atom. The third-order valence-corrected chi connectivity index (χ3v) is 6.43. The lowest BCUT2D eigenvalue weighted by Gasteiger charge is -2.12. The van der Waals surface area contributed by atoms with E-state index in [-0.39, 0.29) is 11.6 Å². The number of nitrogens with zero attached hydrogens (tertiary/aromatic N) is 6. The summed E-state index contributed by atoms with van der Waals surface area (Å²) in [4.78, 5) is 34.0. The van der Waals surface area contributed by atoms with Gasteiger partial charge in [-0.1, -0.05) is 30.3 Å². The van der Waals surface area contributed by atoms with Crippen molar-refractivity contribution in [1.29, 1.82) is 0 Å². The van der Waals surface area contributed by atoms with Crippen LogP contribution in [0.1, 0.15) is 16.2 Å². The van der Waals surface area contributed by atoms with Crippen LogP contribution in [-0.4, -0.2) is 49.6 Å². The van der Waals surface area contributed by atoms with E-state index in [0.717, 1.165) is 47.1 Å². The summed E-state index contributed by atoms with van der Waals surface area (Å²) >= 11 is 1.61. The van der Waals surface area contributed by atoms with Gasteiger partial charge in [0, 0.05) is 23.7 Å². The molecule has 0 aliphatic carbocycles. The quantitative estimate of drug-likeness (QED) is 0.433. The van der Waals surface area contributed by atoms with Crippen molar-refractivity contribution >= 4 is 45.3 Å². The topological polar surface area (TPSA) is 87.8 Å². The molecular weight excluding hydrogens is 434 g/mol. The maximum atomic E-state index is 13.0. The number of hydrogen-bond donors (Lipinski definition) is 1. The molecule has 5 aromatic rings. The van der Waals surface area contributed by atoms with Gasteiger partial charge in [0.2, 0.25) is 0 Å². The van der Waals surface area contributed by atoms with Crippen LogP contribution in [0.2, 0.25) is 0 Å². The zero-order chi connectivity index (χ0) is 22.2. The van der Waals surface area contributed by atoms with Gasteiger partial charge >= 0.3 is 0 Å². The normalized spacial score (nSPS) is 13.3. The minimum atomic E-state index is -0.310. The summed E-state index contributed by atoms with van der Waals surface area (Å²) in [5, 5.41) is 5.12. The van der Waals surface area contributed by atoms with E-state index in [4.69, 9.17) is 4.98 Å². The Labute approximate surface area is 193 Å². The average Bonchev–Trinajstić information content (AvgIpc) is 3.58. The monoisotopic (exact) mass is 453 g/mol. The molecular formula is C24H19N7OS. The molecule has 1 aliphatic heterocycles. The molecule has 2 aromatic carbocycles. The van der Waals surface area contributed by atoms with Crippen LogP contribution in [0.3, 0.4) is 0 Å². The fraction of sp³-hybridized carbons (Fsp3) is 0.125. The number of rotatable bonds is 5. The van der Waals surface area contributed by atoms with Gasteiger partial charge < -0.3 is 10.2 Å². The molecule has 0 saturated carbocycles. The van der Waals surface area contributed by atoms with Crippen LogP contribution >= 0.6 is 11.3 Å². The van der Waals surface area contributed by atoms with Crippen molar-refractivity contribution in [2.45, 2.75) is 6.54 Å². The first-order valence-corrected chi connectivity index (χ1v) is 11.4. The van der Waals surface area contributed by atoms with Gasteiger partial charge in [0.25, 0.3) is 5.91 Å². The van der Waals surface area contributed by atoms with Crippen LogP contribution < -0.4 is 5.32 Å². The third kappa shape index (κ3) is 3.72.